The van der Waals surface area contributed by atoms with Gasteiger partial charge in [0, 0.05) is 30.6 Å². The Morgan fingerprint density at radius 3 is 2.59 bits per heavy atom. The Hall–Kier alpha value is -2.34. The van der Waals surface area contributed by atoms with E-state index in [-0.39, 0.29) is 23.2 Å². The Kier molecular flexibility index (Phi) is 5.15. The van der Waals surface area contributed by atoms with Gasteiger partial charge in [-0.25, -0.2) is 4.98 Å². The van der Waals surface area contributed by atoms with Crippen LogP contribution in [0.5, 0.6) is 0 Å². The van der Waals surface area contributed by atoms with Gasteiger partial charge in [-0.3, -0.25) is 9.59 Å². The highest BCUT2D eigenvalue weighted by atomic mass is 32.2. The molecule has 1 aliphatic carbocycles. The Morgan fingerprint density at radius 1 is 1.21 bits per heavy atom. The molecule has 4 rings (SSSR count). The monoisotopic (exact) mass is 410 g/mol. The molecule has 0 N–H and O–H groups in total. The number of benzene rings is 1. The largest absolute Gasteiger partial charge is 0.469 e. The summed E-state index contributed by atoms with van der Waals surface area (Å²) < 4.78 is 5.08. The molecule has 152 valence electrons. The highest BCUT2D eigenvalue weighted by Gasteiger charge is 2.68. The summed E-state index contributed by atoms with van der Waals surface area (Å²) in [6, 6.07) is 13.6. The summed E-state index contributed by atoms with van der Waals surface area (Å²) in [5.41, 5.74) is 1.32. The van der Waals surface area contributed by atoms with Crippen molar-refractivity contribution in [2.75, 3.05) is 20.2 Å². The van der Waals surface area contributed by atoms with Gasteiger partial charge in [-0.05, 0) is 47.6 Å². The number of methoxy groups -OCH3 is 1. The minimum absolute atomic E-state index is 0.0117. The zero-order valence-corrected chi connectivity index (χ0v) is 17.9. The maximum atomic E-state index is 13.1. The average Bonchev–Trinajstić information content (AvgIpc) is 3.08. The first-order valence-electron chi connectivity index (χ1n) is 9.86. The Morgan fingerprint density at radius 2 is 1.97 bits per heavy atom. The lowest BCUT2D eigenvalue weighted by Crippen LogP contribution is -2.57. The van der Waals surface area contributed by atoms with Gasteiger partial charge >= 0.3 is 5.97 Å². The van der Waals surface area contributed by atoms with Crippen LogP contribution in [0.25, 0.3) is 0 Å². The molecule has 0 radical (unpaired) electrons. The summed E-state index contributed by atoms with van der Waals surface area (Å²) in [7, 11) is 1.44. The minimum atomic E-state index is -0.535. The fourth-order valence-electron chi connectivity index (χ4n) is 5.04. The van der Waals surface area contributed by atoms with E-state index in [1.54, 1.807) is 18.0 Å². The molecule has 0 bridgehead atoms. The van der Waals surface area contributed by atoms with Crippen molar-refractivity contribution in [2.24, 2.45) is 16.7 Å². The standard InChI is InChI=1S/C23H26N2O3S/c1-22(2)14-23(21(27)28-3)15-25(12-18(22)23)20(26)17-9-7-16(8-10-17)13-29-19-6-4-5-11-24-19/h4-11,18H,12-15H2,1-3H3/t18-,23+/m1/s1. The van der Waals surface area contributed by atoms with Crippen LogP contribution in [-0.2, 0) is 15.3 Å². The third-order valence-electron chi connectivity index (χ3n) is 6.36. The zero-order valence-electron chi connectivity index (χ0n) is 17.1. The first-order chi connectivity index (χ1) is 13.9. The van der Waals surface area contributed by atoms with Gasteiger partial charge < -0.3 is 9.64 Å². The molecule has 6 heteroatoms. The second kappa shape index (κ2) is 7.48. The Balaban J connectivity index is 1.43. The highest BCUT2D eigenvalue weighted by Crippen LogP contribution is 2.63. The molecule has 1 aromatic heterocycles. The van der Waals surface area contributed by atoms with Crippen molar-refractivity contribution in [1.29, 1.82) is 0 Å². The van der Waals surface area contributed by atoms with Gasteiger partial charge in [0.15, 0.2) is 0 Å². The van der Waals surface area contributed by atoms with E-state index in [4.69, 9.17) is 4.74 Å². The van der Waals surface area contributed by atoms with Crippen molar-refractivity contribution in [3.8, 4) is 0 Å². The van der Waals surface area contributed by atoms with Crippen LogP contribution in [0.3, 0.4) is 0 Å². The number of ether oxygens (including phenoxy) is 1. The summed E-state index contributed by atoms with van der Waals surface area (Å²) in [5, 5.41) is 0.982. The van der Waals surface area contributed by atoms with Crippen LogP contribution < -0.4 is 0 Å². The molecule has 1 saturated heterocycles. The molecule has 2 heterocycles. The maximum absolute atomic E-state index is 13.1. The predicted octanol–water partition coefficient (Wildman–Crippen LogP) is 4.04. The van der Waals surface area contributed by atoms with Gasteiger partial charge in [-0.2, -0.15) is 0 Å². The van der Waals surface area contributed by atoms with Crippen molar-refractivity contribution in [3.05, 3.63) is 59.8 Å². The molecule has 1 aromatic carbocycles. The molecule has 0 spiro atoms. The van der Waals surface area contributed by atoms with Crippen molar-refractivity contribution in [3.63, 3.8) is 0 Å². The van der Waals surface area contributed by atoms with E-state index in [0.29, 0.717) is 18.7 Å². The smallest absolute Gasteiger partial charge is 0.314 e. The normalized spacial score (nSPS) is 24.5. The van der Waals surface area contributed by atoms with E-state index in [2.05, 4.69) is 18.8 Å². The molecule has 2 aromatic rings. The molecule has 0 unspecified atom stereocenters. The topological polar surface area (TPSA) is 59.5 Å². The van der Waals surface area contributed by atoms with E-state index in [1.165, 1.54) is 7.11 Å². The number of aromatic nitrogens is 1. The number of hydrogen-bond donors (Lipinski definition) is 0. The summed E-state index contributed by atoms with van der Waals surface area (Å²) in [5.74, 6) is 0.763. The molecule has 29 heavy (non-hydrogen) atoms. The lowest BCUT2D eigenvalue weighted by atomic mass is 9.48. The third-order valence-corrected chi connectivity index (χ3v) is 7.38. The van der Waals surface area contributed by atoms with E-state index in [9.17, 15) is 9.59 Å². The number of rotatable bonds is 5. The van der Waals surface area contributed by atoms with Crippen molar-refractivity contribution < 1.29 is 14.3 Å². The molecule has 1 aliphatic heterocycles. The van der Waals surface area contributed by atoms with Crippen LogP contribution >= 0.6 is 11.8 Å². The Bertz CT molecular complexity index is 913. The summed E-state index contributed by atoms with van der Waals surface area (Å²) >= 11 is 1.67. The maximum Gasteiger partial charge on any atom is 0.314 e. The first kappa shape index (κ1) is 20.0. The fraction of sp³-hybridized carbons (Fsp3) is 0.435. The van der Waals surface area contributed by atoms with Crippen LogP contribution in [0.15, 0.2) is 53.7 Å². The third kappa shape index (κ3) is 3.54. The number of pyridine rings is 1. The fourth-order valence-corrected chi connectivity index (χ4v) is 5.86. The van der Waals surface area contributed by atoms with Gasteiger partial charge in [0.05, 0.1) is 17.6 Å². The molecule has 2 aliphatic rings. The van der Waals surface area contributed by atoms with Gasteiger partial charge in [0.2, 0.25) is 0 Å². The first-order valence-corrected chi connectivity index (χ1v) is 10.8. The Labute approximate surface area is 175 Å². The molecular formula is C23H26N2O3S. The van der Waals surface area contributed by atoms with Gasteiger partial charge in [-0.15, -0.1) is 11.8 Å². The quantitative estimate of drug-likeness (QED) is 0.550. The molecule has 1 amide bonds. The van der Waals surface area contributed by atoms with Crippen LogP contribution in [0, 0.1) is 16.7 Å². The number of nitrogens with zero attached hydrogens (tertiary/aromatic N) is 2. The van der Waals surface area contributed by atoms with E-state index in [0.717, 1.165) is 22.8 Å². The van der Waals surface area contributed by atoms with Gasteiger partial charge in [0.1, 0.15) is 0 Å². The number of esters is 1. The number of amides is 1. The second-order valence-electron chi connectivity index (χ2n) is 8.70. The van der Waals surface area contributed by atoms with Crippen molar-refractivity contribution in [1.82, 2.24) is 9.88 Å². The summed E-state index contributed by atoms with van der Waals surface area (Å²) in [6.07, 6.45) is 2.56. The summed E-state index contributed by atoms with van der Waals surface area (Å²) in [6.45, 7) is 5.39. The van der Waals surface area contributed by atoms with Crippen LogP contribution in [-0.4, -0.2) is 42.0 Å². The number of carbonyl (C=O) groups is 2. The highest BCUT2D eigenvalue weighted by molar-refractivity contribution is 7.98. The van der Waals surface area contributed by atoms with E-state index < -0.39 is 5.41 Å². The molecule has 2 fully saturated rings. The van der Waals surface area contributed by atoms with Crippen molar-refractivity contribution in [2.45, 2.75) is 31.0 Å². The summed E-state index contributed by atoms with van der Waals surface area (Å²) in [4.78, 5) is 31.7. The van der Waals surface area contributed by atoms with Crippen LogP contribution in [0.1, 0.15) is 36.2 Å². The molecule has 1 saturated carbocycles. The average molecular weight is 411 g/mol. The lowest BCUT2D eigenvalue weighted by molar-refractivity contribution is -0.174. The zero-order chi connectivity index (χ0) is 20.6. The lowest BCUT2D eigenvalue weighted by Gasteiger charge is -2.54. The molecule has 2 atom stereocenters. The van der Waals surface area contributed by atoms with Crippen LogP contribution in [0.4, 0.5) is 0 Å². The number of likely N-dealkylation sites (tertiary alicyclic amines) is 1. The van der Waals surface area contributed by atoms with E-state index in [1.807, 2.05) is 47.4 Å². The minimum Gasteiger partial charge on any atom is -0.469 e. The number of thioether (sulfide) groups is 1. The van der Waals surface area contributed by atoms with Gasteiger partial charge in [-0.1, -0.05) is 32.0 Å². The van der Waals surface area contributed by atoms with Crippen LogP contribution in [0.2, 0.25) is 0 Å². The predicted molar refractivity (Wildman–Crippen MR) is 112 cm³/mol. The van der Waals surface area contributed by atoms with Crippen molar-refractivity contribution >= 4 is 23.6 Å². The number of fused-ring (bicyclic) bond motifs is 1. The number of hydrogen-bond acceptors (Lipinski definition) is 5. The second-order valence-corrected chi connectivity index (χ2v) is 9.70. The molecule has 5 nitrogen and oxygen atoms in total. The molecular weight excluding hydrogens is 384 g/mol. The number of carbonyl (C=O) groups excluding carboxylic acids is 2. The van der Waals surface area contributed by atoms with Gasteiger partial charge in [0.25, 0.3) is 5.91 Å². The SMILES string of the molecule is COC(=O)[C@@]12CN(C(=O)c3ccc(CSc4ccccn4)cc3)C[C@@H]1C(C)(C)C2. The van der Waals surface area contributed by atoms with E-state index >= 15 is 0 Å².